The molecule has 146 valence electrons. The topological polar surface area (TPSA) is 29.4 Å². The van der Waals surface area contributed by atoms with E-state index in [2.05, 4.69) is 50.6 Å². The minimum atomic E-state index is -0.236. The van der Waals surface area contributed by atoms with Crippen LogP contribution < -0.4 is 0 Å². The molecule has 27 heavy (non-hydrogen) atoms. The van der Waals surface area contributed by atoms with E-state index >= 15 is 0 Å². The molecule has 0 aliphatic heterocycles. The highest BCUT2D eigenvalue weighted by Crippen LogP contribution is 2.35. The van der Waals surface area contributed by atoms with Gasteiger partial charge in [-0.3, -0.25) is 4.79 Å². The number of fused-ring (bicyclic) bond motifs is 2. The van der Waals surface area contributed by atoms with Gasteiger partial charge in [0, 0.05) is 11.6 Å². The number of carbonyl (C=O) groups is 1. The van der Waals surface area contributed by atoms with Gasteiger partial charge >= 0.3 is 0 Å². The van der Waals surface area contributed by atoms with Crippen LogP contribution in [0.2, 0.25) is 0 Å². The average Bonchev–Trinajstić information content (AvgIpc) is 2.89. The number of carbonyl (C=O) groups excluding carboxylic acids is 1. The van der Waals surface area contributed by atoms with Crippen molar-refractivity contribution in [3.8, 4) is 0 Å². The number of hydrogen-bond donors (Lipinski definition) is 0. The molecule has 2 nitrogen and oxygen atoms in total. The van der Waals surface area contributed by atoms with Crippen LogP contribution >= 0.6 is 9.24 Å². The van der Waals surface area contributed by atoms with Crippen molar-refractivity contribution in [2.75, 3.05) is 0 Å². The summed E-state index contributed by atoms with van der Waals surface area (Å²) >= 11 is 0. The van der Waals surface area contributed by atoms with Gasteiger partial charge in [0.25, 0.3) is 5.65 Å². The maximum absolute atomic E-state index is 11.4. The molecule has 1 atom stereocenters. The maximum atomic E-state index is 11.4. The summed E-state index contributed by atoms with van der Waals surface area (Å²) in [6.45, 7) is 13.9. The zero-order valence-corrected chi connectivity index (χ0v) is 18.9. The lowest BCUT2D eigenvalue weighted by Gasteiger charge is -2.20. The van der Waals surface area contributed by atoms with Gasteiger partial charge in [0.2, 0.25) is 0 Å². The first-order chi connectivity index (χ1) is 13.2. The van der Waals surface area contributed by atoms with E-state index in [1.54, 1.807) is 0 Å². The summed E-state index contributed by atoms with van der Waals surface area (Å²) in [5.74, 6) is 0.0110. The predicted molar refractivity (Wildman–Crippen MR) is 126 cm³/mol. The van der Waals surface area contributed by atoms with Crippen molar-refractivity contribution in [2.45, 2.75) is 54.4 Å². The van der Waals surface area contributed by atoms with Crippen LogP contribution in [0.1, 0.15) is 76.6 Å². The van der Waals surface area contributed by atoms with Gasteiger partial charge in [0.15, 0.2) is 0 Å². The fraction of sp³-hybridized carbons (Fsp3) is 0.333. The molecular weight excluding hydrogens is 349 g/mol. The first-order valence-corrected chi connectivity index (χ1v) is 10.4. The SMILES string of the molecule is CC.CC.CC.CC(=NC(=O)P)C1c2ccccc2C=Cc2ccccc21. The zero-order valence-electron chi connectivity index (χ0n) is 17.8. The number of amides is 1. The molecule has 3 heteroatoms. The number of benzene rings is 2. The molecule has 0 radical (unpaired) electrons. The van der Waals surface area contributed by atoms with Crippen molar-refractivity contribution < 1.29 is 4.79 Å². The highest BCUT2D eigenvalue weighted by Gasteiger charge is 2.23. The summed E-state index contributed by atoms with van der Waals surface area (Å²) in [7, 11) is 2.12. The Bertz CT molecular complexity index is 713. The molecule has 2 aromatic rings. The molecule has 0 N–H and O–H groups in total. The van der Waals surface area contributed by atoms with Crippen LogP contribution in [-0.4, -0.2) is 11.4 Å². The molecule has 0 spiro atoms. The molecule has 1 aliphatic carbocycles. The van der Waals surface area contributed by atoms with Crippen LogP contribution in [0.3, 0.4) is 0 Å². The summed E-state index contributed by atoms with van der Waals surface area (Å²) in [5.41, 5.74) is 5.30. The highest BCUT2D eigenvalue weighted by molar-refractivity contribution is 7.40. The minimum absolute atomic E-state index is 0.0110. The summed E-state index contributed by atoms with van der Waals surface area (Å²) in [6, 6.07) is 16.5. The average molecular weight is 384 g/mol. The van der Waals surface area contributed by atoms with E-state index < -0.39 is 0 Å². The lowest BCUT2D eigenvalue weighted by molar-refractivity contribution is 0.267. The van der Waals surface area contributed by atoms with E-state index in [9.17, 15) is 4.79 Å². The van der Waals surface area contributed by atoms with E-state index in [4.69, 9.17) is 0 Å². The molecule has 0 saturated carbocycles. The quantitative estimate of drug-likeness (QED) is 0.364. The maximum Gasteiger partial charge on any atom is 0.260 e. The summed E-state index contributed by atoms with van der Waals surface area (Å²) in [6.07, 6.45) is 4.26. The Kier molecular flexibility index (Phi) is 13.0. The van der Waals surface area contributed by atoms with Crippen LogP contribution in [0.15, 0.2) is 53.5 Å². The first-order valence-electron chi connectivity index (χ1n) is 9.87. The molecule has 0 bridgehead atoms. The van der Waals surface area contributed by atoms with E-state index in [1.807, 2.05) is 72.7 Å². The third-order valence-electron chi connectivity index (χ3n) is 3.76. The number of nitrogens with zero attached hydrogens (tertiary/aromatic N) is 1. The van der Waals surface area contributed by atoms with E-state index in [-0.39, 0.29) is 11.6 Å². The van der Waals surface area contributed by atoms with Crippen LogP contribution in [-0.2, 0) is 0 Å². The Hall–Kier alpha value is -2.05. The Labute approximate surface area is 168 Å². The molecule has 0 heterocycles. The molecule has 0 aromatic heterocycles. The smallest absolute Gasteiger partial charge is 0.260 e. The van der Waals surface area contributed by atoms with Gasteiger partial charge < -0.3 is 0 Å². The van der Waals surface area contributed by atoms with Gasteiger partial charge in [-0.15, -0.1) is 0 Å². The van der Waals surface area contributed by atoms with Crippen LogP contribution in [0.25, 0.3) is 12.2 Å². The second-order valence-electron chi connectivity index (χ2n) is 5.12. The number of aliphatic imine (C=N–C) groups is 1. The molecule has 3 rings (SSSR count). The van der Waals surface area contributed by atoms with Gasteiger partial charge in [-0.1, -0.05) is 102 Å². The molecule has 0 saturated heterocycles. The van der Waals surface area contributed by atoms with Crippen LogP contribution in [0.5, 0.6) is 0 Å². The fourth-order valence-electron chi connectivity index (χ4n) is 2.89. The van der Waals surface area contributed by atoms with E-state index in [0.717, 1.165) is 5.71 Å². The van der Waals surface area contributed by atoms with Gasteiger partial charge in [-0.25, -0.2) is 4.99 Å². The molecule has 2 aromatic carbocycles. The van der Waals surface area contributed by atoms with Crippen molar-refractivity contribution in [2.24, 2.45) is 4.99 Å². The zero-order chi connectivity index (χ0) is 20.8. The monoisotopic (exact) mass is 383 g/mol. The van der Waals surface area contributed by atoms with Gasteiger partial charge in [-0.2, -0.15) is 0 Å². The Morgan fingerprint density at radius 2 is 1.15 bits per heavy atom. The van der Waals surface area contributed by atoms with Crippen molar-refractivity contribution in [1.82, 2.24) is 0 Å². The molecular formula is C24H34NOP. The molecule has 1 amide bonds. The lowest BCUT2D eigenvalue weighted by Crippen LogP contribution is -2.13. The van der Waals surface area contributed by atoms with E-state index in [0.29, 0.717) is 0 Å². The predicted octanol–water partition coefficient (Wildman–Crippen LogP) is 7.84. The Morgan fingerprint density at radius 3 is 1.52 bits per heavy atom. The van der Waals surface area contributed by atoms with Crippen LogP contribution in [0.4, 0.5) is 4.79 Å². The molecule has 0 fully saturated rings. The van der Waals surface area contributed by atoms with Crippen molar-refractivity contribution in [3.05, 3.63) is 70.8 Å². The highest BCUT2D eigenvalue weighted by atomic mass is 31.0. The third kappa shape index (κ3) is 6.88. The Balaban J connectivity index is 0.00000103. The van der Waals surface area contributed by atoms with Gasteiger partial charge in [-0.05, 0) is 38.4 Å². The number of rotatable bonds is 1. The summed E-state index contributed by atoms with van der Waals surface area (Å²) in [5, 5.41) is 0. The van der Waals surface area contributed by atoms with E-state index in [1.165, 1.54) is 22.3 Å². The summed E-state index contributed by atoms with van der Waals surface area (Å²) in [4.78, 5) is 15.5. The van der Waals surface area contributed by atoms with Crippen molar-refractivity contribution >= 4 is 32.8 Å². The van der Waals surface area contributed by atoms with Crippen LogP contribution in [0, 0.1) is 0 Å². The minimum Gasteiger partial charge on any atom is -0.268 e. The second-order valence-corrected chi connectivity index (χ2v) is 5.61. The normalized spacial score (nSPS) is 11.8. The third-order valence-corrected chi connectivity index (χ3v) is 3.89. The van der Waals surface area contributed by atoms with Crippen molar-refractivity contribution in [3.63, 3.8) is 0 Å². The lowest BCUT2D eigenvalue weighted by atomic mass is 9.84. The van der Waals surface area contributed by atoms with Crippen molar-refractivity contribution in [1.29, 1.82) is 0 Å². The fourth-order valence-corrected chi connectivity index (χ4v) is 3.09. The first kappa shape index (κ1) is 24.9. The number of hydrogen-bond acceptors (Lipinski definition) is 1. The standard InChI is InChI=1S/C18H16NOP.3C2H6/c1-12(19-18(20)21)17-15-8-4-2-6-13(15)10-11-14-7-3-5-9-16(14)17;3*1-2/h2-11,17H,21H2,1H3;3*1-2H3. The second kappa shape index (κ2) is 14.1. The summed E-state index contributed by atoms with van der Waals surface area (Å²) < 4.78 is 0. The Morgan fingerprint density at radius 1 is 0.778 bits per heavy atom. The van der Waals surface area contributed by atoms with Gasteiger partial charge in [0.1, 0.15) is 0 Å². The molecule has 1 unspecified atom stereocenters. The van der Waals surface area contributed by atoms with Gasteiger partial charge in [0.05, 0.1) is 0 Å². The molecule has 1 aliphatic rings. The largest absolute Gasteiger partial charge is 0.268 e.